The van der Waals surface area contributed by atoms with E-state index in [1.54, 1.807) is 72.8 Å². The third-order valence-corrected chi connectivity index (χ3v) is 4.38. The maximum Gasteiger partial charge on any atom is 0.416 e. The minimum absolute atomic E-state index is 0.678. The van der Waals surface area contributed by atoms with Crippen molar-refractivity contribution in [2.75, 3.05) is 6.61 Å². The maximum atomic E-state index is 12.9. The monoisotopic (exact) mass is 372 g/mol. The Hall–Kier alpha value is -2.63. The molecule has 3 aromatic rings. The van der Waals surface area contributed by atoms with E-state index < -0.39 is 24.5 Å². The summed E-state index contributed by atoms with van der Waals surface area (Å²) in [5.41, 5.74) is 0.751. The van der Waals surface area contributed by atoms with E-state index in [0.29, 0.717) is 16.7 Å². The van der Waals surface area contributed by atoms with Crippen LogP contribution < -0.4 is 0 Å². The fourth-order valence-corrected chi connectivity index (χ4v) is 3.07. The Morgan fingerprint density at radius 2 is 1.00 bits per heavy atom. The molecule has 5 heteroatoms. The van der Waals surface area contributed by atoms with Crippen LogP contribution in [0.1, 0.15) is 16.7 Å². The molecule has 0 spiro atoms. The number of benzene rings is 3. The summed E-state index contributed by atoms with van der Waals surface area (Å²) >= 11 is 0. The van der Waals surface area contributed by atoms with Gasteiger partial charge < -0.3 is 9.84 Å². The summed E-state index contributed by atoms with van der Waals surface area (Å²) < 4.78 is 44.6. The topological polar surface area (TPSA) is 29.5 Å². The Balaban J connectivity index is 2.17. The number of aliphatic hydroxyl groups is 1. The fourth-order valence-electron chi connectivity index (χ4n) is 3.07. The summed E-state index contributed by atoms with van der Waals surface area (Å²) in [6.07, 6.45) is -7.33. The standard InChI is InChI=1S/C22H19F3O2/c23-22(24,25)20(26)16-27-21(17-10-4-1-5-11-17,18-12-6-2-7-13-18)19-14-8-3-9-15-19/h1-15,20,26H,16H2. The van der Waals surface area contributed by atoms with E-state index in [2.05, 4.69) is 0 Å². The Kier molecular flexibility index (Phi) is 5.63. The number of rotatable bonds is 6. The van der Waals surface area contributed by atoms with E-state index in [1.165, 1.54) is 0 Å². The van der Waals surface area contributed by atoms with Crippen LogP contribution in [-0.4, -0.2) is 24.0 Å². The molecule has 0 saturated heterocycles. The lowest BCUT2D eigenvalue weighted by atomic mass is 9.80. The molecule has 0 fully saturated rings. The molecule has 0 amide bonds. The first-order valence-electron chi connectivity index (χ1n) is 8.50. The largest absolute Gasteiger partial charge is 0.416 e. The van der Waals surface area contributed by atoms with Gasteiger partial charge in [-0.1, -0.05) is 91.0 Å². The van der Waals surface area contributed by atoms with E-state index in [4.69, 9.17) is 4.74 Å². The second-order valence-electron chi connectivity index (χ2n) is 6.15. The lowest BCUT2D eigenvalue weighted by Gasteiger charge is -2.36. The van der Waals surface area contributed by atoms with Crippen LogP contribution in [0.2, 0.25) is 0 Å². The Labute approximate surface area is 155 Å². The maximum absolute atomic E-state index is 12.9. The van der Waals surface area contributed by atoms with Crippen molar-refractivity contribution in [3.05, 3.63) is 108 Å². The summed E-state index contributed by atoms with van der Waals surface area (Å²) in [7, 11) is 0. The molecular formula is C22H19F3O2. The molecule has 3 rings (SSSR count). The minimum atomic E-state index is -4.75. The van der Waals surface area contributed by atoms with Gasteiger partial charge in [0, 0.05) is 0 Å². The third kappa shape index (κ3) is 4.04. The number of ether oxygens (including phenoxy) is 1. The van der Waals surface area contributed by atoms with Crippen LogP contribution in [0.25, 0.3) is 0 Å². The van der Waals surface area contributed by atoms with Crippen molar-refractivity contribution in [3.8, 4) is 0 Å². The molecule has 0 radical (unpaired) electrons. The second kappa shape index (κ2) is 7.94. The zero-order valence-corrected chi connectivity index (χ0v) is 14.4. The third-order valence-electron chi connectivity index (χ3n) is 4.38. The van der Waals surface area contributed by atoms with Crippen LogP contribution in [0.15, 0.2) is 91.0 Å². The molecule has 0 aromatic heterocycles. The van der Waals surface area contributed by atoms with E-state index in [-0.39, 0.29) is 0 Å². The van der Waals surface area contributed by atoms with Gasteiger partial charge in [0.25, 0.3) is 0 Å². The second-order valence-corrected chi connectivity index (χ2v) is 6.15. The molecule has 0 aliphatic heterocycles. The molecule has 0 bridgehead atoms. The van der Waals surface area contributed by atoms with Gasteiger partial charge in [0.15, 0.2) is 6.10 Å². The predicted octanol–water partition coefficient (Wildman–Crippen LogP) is 4.92. The number of aliphatic hydroxyl groups excluding tert-OH is 1. The van der Waals surface area contributed by atoms with Gasteiger partial charge in [0.05, 0.1) is 6.61 Å². The zero-order valence-electron chi connectivity index (χ0n) is 14.4. The fraction of sp³-hybridized carbons (Fsp3) is 0.182. The average molecular weight is 372 g/mol. The Morgan fingerprint density at radius 3 is 1.30 bits per heavy atom. The van der Waals surface area contributed by atoms with Crippen LogP contribution in [0.3, 0.4) is 0 Å². The van der Waals surface area contributed by atoms with Crippen LogP contribution in [0, 0.1) is 0 Å². The van der Waals surface area contributed by atoms with Crippen molar-refractivity contribution >= 4 is 0 Å². The minimum Gasteiger partial charge on any atom is -0.382 e. The molecule has 1 unspecified atom stereocenters. The summed E-state index contributed by atoms with van der Waals surface area (Å²) in [6.45, 7) is -0.887. The van der Waals surface area contributed by atoms with Crippen molar-refractivity contribution in [1.82, 2.24) is 0 Å². The van der Waals surface area contributed by atoms with Gasteiger partial charge in [0.1, 0.15) is 5.60 Å². The number of alkyl halides is 3. The first-order chi connectivity index (χ1) is 12.9. The lowest BCUT2D eigenvalue weighted by molar-refractivity contribution is -0.224. The quantitative estimate of drug-likeness (QED) is 0.623. The highest BCUT2D eigenvalue weighted by Crippen LogP contribution is 2.41. The molecule has 1 atom stereocenters. The Bertz CT molecular complexity index is 737. The van der Waals surface area contributed by atoms with E-state index in [0.717, 1.165) is 0 Å². The van der Waals surface area contributed by atoms with Crippen LogP contribution >= 0.6 is 0 Å². The van der Waals surface area contributed by atoms with Gasteiger partial charge in [-0.05, 0) is 16.7 Å². The Morgan fingerprint density at radius 1 is 0.667 bits per heavy atom. The highest BCUT2D eigenvalue weighted by atomic mass is 19.4. The van der Waals surface area contributed by atoms with Gasteiger partial charge in [-0.2, -0.15) is 13.2 Å². The molecule has 0 aliphatic carbocycles. The zero-order chi connectivity index (χ0) is 19.3. The number of halogens is 3. The highest BCUT2D eigenvalue weighted by Gasteiger charge is 2.43. The molecular weight excluding hydrogens is 353 g/mol. The van der Waals surface area contributed by atoms with E-state index in [9.17, 15) is 18.3 Å². The highest BCUT2D eigenvalue weighted by molar-refractivity contribution is 5.47. The SMILES string of the molecule is OC(COC(c1ccccc1)(c1ccccc1)c1ccccc1)C(F)(F)F. The molecule has 2 nitrogen and oxygen atoms in total. The van der Waals surface area contributed by atoms with Gasteiger partial charge >= 0.3 is 6.18 Å². The van der Waals surface area contributed by atoms with Crippen molar-refractivity contribution in [2.45, 2.75) is 17.9 Å². The normalized spacial score (nSPS) is 13.3. The average Bonchev–Trinajstić information content (AvgIpc) is 2.70. The van der Waals surface area contributed by atoms with Gasteiger partial charge in [-0.3, -0.25) is 0 Å². The van der Waals surface area contributed by atoms with Crippen LogP contribution in [-0.2, 0) is 10.3 Å². The molecule has 0 aliphatic rings. The smallest absolute Gasteiger partial charge is 0.382 e. The van der Waals surface area contributed by atoms with Crippen molar-refractivity contribution in [1.29, 1.82) is 0 Å². The van der Waals surface area contributed by atoms with Crippen LogP contribution in [0.5, 0.6) is 0 Å². The summed E-state index contributed by atoms with van der Waals surface area (Å²) in [6, 6.07) is 27.1. The molecule has 1 N–H and O–H groups in total. The van der Waals surface area contributed by atoms with Crippen molar-refractivity contribution in [2.24, 2.45) is 0 Å². The summed E-state index contributed by atoms with van der Waals surface area (Å²) in [4.78, 5) is 0. The lowest BCUT2D eigenvalue weighted by Crippen LogP contribution is -2.40. The van der Waals surface area contributed by atoms with Crippen LogP contribution in [0.4, 0.5) is 13.2 Å². The molecule has 0 saturated carbocycles. The molecule has 27 heavy (non-hydrogen) atoms. The number of hydrogen-bond donors (Lipinski definition) is 1. The van der Waals surface area contributed by atoms with E-state index in [1.807, 2.05) is 18.2 Å². The van der Waals surface area contributed by atoms with Crippen molar-refractivity contribution < 1.29 is 23.0 Å². The first-order valence-corrected chi connectivity index (χ1v) is 8.50. The summed E-state index contributed by atoms with van der Waals surface area (Å²) in [5.74, 6) is 0. The van der Waals surface area contributed by atoms with Gasteiger partial charge in [0.2, 0.25) is 0 Å². The predicted molar refractivity (Wildman–Crippen MR) is 97.2 cm³/mol. The van der Waals surface area contributed by atoms with Crippen molar-refractivity contribution in [3.63, 3.8) is 0 Å². The molecule has 0 heterocycles. The molecule has 140 valence electrons. The molecule has 3 aromatic carbocycles. The van der Waals surface area contributed by atoms with Gasteiger partial charge in [-0.25, -0.2) is 0 Å². The van der Waals surface area contributed by atoms with Gasteiger partial charge in [-0.15, -0.1) is 0 Å². The first kappa shape index (κ1) is 19.1. The number of hydrogen-bond acceptors (Lipinski definition) is 2. The summed E-state index contributed by atoms with van der Waals surface area (Å²) in [5, 5.41) is 9.54. The van der Waals surface area contributed by atoms with E-state index >= 15 is 0 Å².